The van der Waals surface area contributed by atoms with Crippen molar-refractivity contribution in [1.82, 2.24) is 0 Å². The van der Waals surface area contributed by atoms with Crippen LogP contribution in [0.25, 0.3) is 0 Å². The Bertz CT molecular complexity index is 993. The standard InChI is InChI=1S/C18H19FN2O6S/c1-3-26-16-7-5-4-6-15(16)21-17(22)11(2)27-18(23)13-10-12(28(20,24)25)8-9-14(13)19/h4-11H,3H2,1-2H3,(H,21,22)(H2,20,24,25)/t11-/m0/s1. The minimum atomic E-state index is -4.14. The lowest BCUT2D eigenvalue weighted by Crippen LogP contribution is -2.30. The lowest BCUT2D eigenvalue weighted by atomic mass is 10.2. The van der Waals surface area contributed by atoms with Gasteiger partial charge in [0, 0.05) is 0 Å². The number of nitrogens with one attached hydrogen (secondary N) is 1. The zero-order valence-electron chi connectivity index (χ0n) is 15.1. The molecule has 28 heavy (non-hydrogen) atoms. The van der Waals surface area contributed by atoms with E-state index in [1.54, 1.807) is 31.2 Å². The molecule has 0 heterocycles. The molecule has 2 aromatic rings. The molecule has 0 fully saturated rings. The Balaban J connectivity index is 2.13. The van der Waals surface area contributed by atoms with Crippen LogP contribution < -0.4 is 15.2 Å². The van der Waals surface area contributed by atoms with Gasteiger partial charge in [-0.1, -0.05) is 12.1 Å². The fourth-order valence-electron chi connectivity index (χ4n) is 2.20. The van der Waals surface area contributed by atoms with Crippen molar-refractivity contribution in [3.05, 3.63) is 53.8 Å². The maximum Gasteiger partial charge on any atom is 0.341 e. The highest BCUT2D eigenvalue weighted by atomic mass is 32.2. The summed E-state index contributed by atoms with van der Waals surface area (Å²) in [7, 11) is -4.14. The van der Waals surface area contributed by atoms with Gasteiger partial charge in [0.1, 0.15) is 11.6 Å². The van der Waals surface area contributed by atoms with Crippen LogP contribution in [0.15, 0.2) is 47.4 Å². The monoisotopic (exact) mass is 410 g/mol. The number of rotatable bonds is 7. The first-order valence-corrected chi connectivity index (χ1v) is 9.74. The van der Waals surface area contributed by atoms with Gasteiger partial charge in [0.25, 0.3) is 5.91 Å². The second-order valence-corrected chi connectivity index (χ2v) is 7.21. The zero-order valence-corrected chi connectivity index (χ0v) is 16.0. The number of halogens is 1. The molecule has 1 amide bonds. The molecule has 10 heteroatoms. The number of hydrogen-bond acceptors (Lipinski definition) is 6. The van der Waals surface area contributed by atoms with Gasteiger partial charge in [-0.15, -0.1) is 0 Å². The van der Waals surface area contributed by atoms with Crippen LogP contribution in [0.1, 0.15) is 24.2 Å². The number of esters is 1. The van der Waals surface area contributed by atoms with E-state index < -0.39 is 44.3 Å². The van der Waals surface area contributed by atoms with E-state index >= 15 is 0 Å². The lowest BCUT2D eigenvalue weighted by molar-refractivity contribution is -0.123. The number of anilines is 1. The van der Waals surface area contributed by atoms with Gasteiger partial charge in [-0.2, -0.15) is 0 Å². The Kier molecular flexibility index (Phi) is 6.71. The van der Waals surface area contributed by atoms with Gasteiger partial charge in [0.15, 0.2) is 6.10 Å². The number of nitrogens with two attached hydrogens (primary N) is 1. The van der Waals surface area contributed by atoms with Gasteiger partial charge >= 0.3 is 5.97 Å². The third kappa shape index (κ3) is 5.27. The van der Waals surface area contributed by atoms with Crippen LogP contribution in [0.2, 0.25) is 0 Å². The van der Waals surface area contributed by atoms with E-state index in [-0.39, 0.29) is 0 Å². The Morgan fingerprint density at radius 1 is 1.21 bits per heavy atom. The van der Waals surface area contributed by atoms with E-state index in [0.717, 1.165) is 18.2 Å². The summed E-state index contributed by atoms with van der Waals surface area (Å²) in [5.74, 6) is -2.46. The van der Waals surface area contributed by atoms with Crippen molar-refractivity contribution in [2.75, 3.05) is 11.9 Å². The molecule has 0 bridgehead atoms. The number of benzene rings is 2. The molecule has 0 spiro atoms. The third-order valence-electron chi connectivity index (χ3n) is 3.58. The molecule has 2 rings (SSSR count). The van der Waals surface area contributed by atoms with E-state index in [0.29, 0.717) is 18.0 Å². The highest BCUT2D eigenvalue weighted by Crippen LogP contribution is 2.24. The fourth-order valence-corrected chi connectivity index (χ4v) is 2.74. The number of para-hydroxylation sites is 2. The van der Waals surface area contributed by atoms with Crippen LogP contribution >= 0.6 is 0 Å². The van der Waals surface area contributed by atoms with E-state index in [9.17, 15) is 22.4 Å². The number of hydrogen-bond donors (Lipinski definition) is 2. The molecule has 150 valence electrons. The predicted octanol–water partition coefficient (Wildman–Crippen LogP) is 2.06. The molecule has 2 aromatic carbocycles. The van der Waals surface area contributed by atoms with Gasteiger partial charge in [0.05, 0.1) is 22.8 Å². The molecule has 0 unspecified atom stereocenters. The molecule has 0 aliphatic rings. The molecule has 0 radical (unpaired) electrons. The molecule has 0 aliphatic heterocycles. The average molecular weight is 410 g/mol. The SMILES string of the molecule is CCOc1ccccc1NC(=O)[C@H](C)OC(=O)c1cc(S(N)(=O)=O)ccc1F. The van der Waals surface area contributed by atoms with Crippen molar-refractivity contribution in [3.8, 4) is 5.75 Å². The number of amides is 1. The Morgan fingerprint density at radius 2 is 1.89 bits per heavy atom. The molecule has 0 saturated carbocycles. The minimum Gasteiger partial charge on any atom is -0.492 e. The van der Waals surface area contributed by atoms with Gasteiger partial charge in [-0.3, -0.25) is 4.79 Å². The van der Waals surface area contributed by atoms with Crippen molar-refractivity contribution in [3.63, 3.8) is 0 Å². The summed E-state index contributed by atoms with van der Waals surface area (Å²) in [5, 5.41) is 7.52. The van der Waals surface area contributed by atoms with Crippen molar-refractivity contribution < 1.29 is 31.9 Å². The van der Waals surface area contributed by atoms with Crippen molar-refractivity contribution in [1.29, 1.82) is 0 Å². The normalized spacial score (nSPS) is 12.1. The van der Waals surface area contributed by atoms with Crippen LogP contribution in [0.4, 0.5) is 10.1 Å². The summed E-state index contributed by atoms with van der Waals surface area (Å²) < 4.78 is 47.0. The van der Waals surface area contributed by atoms with Gasteiger partial charge in [0.2, 0.25) is 10.0 Å². The number of carbonyl (C=O) groups excluding carboxylic acids is 2. The van der Waals surface area contributed by atoms with E-state index in [1.165, 1.54) is 6.92 Å². The van der Waals surface area contributed by atoms with E-state index in [2.05, 4.69) is 5.32 Å². The number of ether oxygens (including phenoxy) is 2. The predicted molar refractivity (Wildman–Crippen MR) is 98.9 cm³/mol. The van der Waals surface area contributed by atoms with Crippen molar-refractivity contribution in [2.24, 2.45) is 5.14 Å². The molecule has 0 saturated heterocycles. The molecule has 8 nitrogen and oxygen atoms in total. The topological polar surface area (TPSA) is 125 Å². The first-order valence-electron chi connectivity index (χ1n) is 8.19. The smallest absolute Gasteiger partial charge is 0.341 e. The second-order valence-electron chi connectivity index (χ2n) is 5.65. The Hall–Kier alpha value is -2.98. The van der Waals surface area contributed by atoms with Gasteiger partial charge < -0.3 is 14.8 Å². The van der Waals surface area contributed by atoms with Gasteiger partial charge in [-0.25, -0.2) is 22.7 Å². The zero-order chi connectivity index (χ0) is 20.9. The summed E-state index contributed by atoms with van der Waals surface area (Å²) in [5.41, 5.74) is -0.277. The van der Waals surface area contributed by atoms with Crippen molar-refractivity contribution in [2.45, 2.75) is 24.8 Å². The highest BCUT2D eigenvalue weighted by Gasteiger charge is 2.23. The second kappa shape index (κ2) is 8.81. The fraction of sp³-hybridized carbons (Fsp3) is 0.222. The number of primary sulfonamides is 1. The summed E-state index contributed by atoms with van der Waals surface area (Å²) in [6.45, 7) is 3.46. The number of sulfonamides is 1. The Morgan fingerprint density at radius 3 is 2.54 bits per heavy atom. The van der Waals surface area contributed by atoms with Crippen LogP contribution in [0, 0.1) is 5.82 Å². The molecule has 3 N–H and O–H groups in total. The molecular weight excluding hydrogens is 391 g/mol. The largest absolute Gasteiger partial charge is 0.492 e. The summed E-state index contributed by atoms with van der Waals surface area (Å²) in [6, 6.07) is 9.12. The Labute approximate surface area is 161 Å². The maximum absolute atomic E-state index is 13.9. The summed E-state index contributed by atoms with van der Waals surface area (Å²) >= 11 is 0. The van der Waals surface area contributed by atoms with Crippen LogP contribution in [-0.4, -0.2) is 33.0 Å². The quantitative estimate of drug-likeness (QED) is 0.673. The first-order chi connectivity index (χ1) is 13.1. The molecule has 0 aliphatic carbocycles. The summed E-state index contributed by atoms with van der Waals surface area (Å²) in [6.07, 6.45) is -1.29. The van der Waals surface area contributed by atoms with Crippen molar-refractivity contribution >= 4 is 27.6 Å². The van der Waals surface area contributed by atoms with E-state index in [4.69, 9.17) is 14.6 Å². The van der Waals surface area contributed by atoms with Crippen LogP contribution in [-0.2, 0) is 19.6 Å². The number of carbonyl (C=O) groups is 2. The van der Waals surface area contributed by atoms with Crippen LogP contribution in [0.3, 0.4) is 0 Å². The maximum atomic E-state index is 13.9. The highest BCUT2D eigenvalue weighted by molar-refractivity contribution is 7.89. The molecule has 1 atom stereocenters. The third-order valence-corrected chi connectivity index (χ3v) is 4.50. The molecule has 0 aromatic heterocycles. The lowest BCUT2D eigenvalue weighted by Gasteiger charge is -2.16. The van der Waals surface area contributed by atoms with Gasteiger partial charge in [-0.05, 0) is 44.2 Å². The summed E-state index contributed by atoms with van der Waals surface area (Å²) in [4.78, 5) is 24.0. The van der Waals surface area contributed by atoms with Crippen LogP contribution in [0.5, 0.6) is 5.75 Å². The molecular formula is C18H19FN2O6S. The van der Waals surface area contributed by atoms with E-state index in [1.807, 2.05) is 0 Å². The first kappa shape index (κ1) is 21.3. The average Bonchev–Trinajstić information content (AvgIpc) is 2.62. The minimum absolute atomic E-state index is 0.375.